The Morgan fingerprint density at radius 3 is 2.49 bits per heavy atom. The Kier molecular flexibility index (Phi) is 6.43. The van der Waals surface area contributed by atoms with E-state index in [2.05, 4.69) is 10.4 Å². The van der Waals surface area contributed by atoms with Gasteiger partial charge in [0.1, 0.15) is 12.1 Å². The van der Waals surface area contributed by atoms with Crippen molar-refractivity contribution in [1.29, 1.82) is 0 Å². The van der Waals surface area contributed by atoms with Crippen LogP contribution in [0.3, 0.4) is 0 Å². The molecule has 0 saturated carbocycles. The van der Waals surface area contributed by atoms with Gasteiger partial charge in [0.15, 0.2) is 5.76 Å². The summed E-state index contributed by atoms with van der Waals surface area (Å²) >= 11 is 0. The van der Waals surface area contributed by atoms with Crippen molar-refractivity contribution in [3.63, 3.8) is 0 Å². The van der Waals surface area contributed by atoms with E-state index in [0.29, 0.717) is 28.8 Å². The zero-order valence-corrected chi connectivity index (χ0v) is 20.4. The van der Waals surface area contributed by atoms with Gasteiger partial charge in [0.05, 0.1) is 29.1 Å². The van der Waals surface area contributed by atoms with E-state index in [4.69, 9.17) is 4.42 Å². The van der Waals surface area contributed by atoms with E-state index in [1.165, 1.54) is 18.4 Å². The van der Waals surface area contributed by atoms with Crippen LogP contribution in [0.2, 0.25) is 0 Å². The number of halogens is 1. The van der Waals surface area contributed by atoms with Crippen molar-refractivity contribution in [3.8, 4) is 11.3 Å². The Labute approximate surface area is 212 Å². The van der Waals surface area contributed by atoms with Crippen LogP contribution >= 0.6 is 0 Å². The highest BCUT2D eigenvalue weighted by atomic mass is 19.1. The molecule has 1 aliphatic rings. The van der Waals surface area contributed by atoms with Crippen LogP contribution in [-0.4, -0.2) is 45.0 Å². The first-order valence-electron chi connectivity index (χ1n) is 12.0. The van der Waals surface area contributed by atoms with E-state index in [9.17, 15) is 18.8 Å². The Hall–Kier alpha value is -4.53. The molecule has 0 saturated heterocycles. The van der Waals surface area contributed by atoms with Gasteiger partial charge in [-0.2, -0.15) is 5.10 Å². The number of fused-ring (bicyclic) bond motifs is 1. The highest BCUT2D eigenvalue weighted by molar-refractivity contribution is 6.21. The maximum Gasteiger partial charge on any atom is 0.287 e. The van der Waals surface area contributed by atoms with Crippen LogP contribution in [0.15, 0.2) is 71.5 Å². The van der Waals surface area contributed by atoms with Gasteiger partial charge in [-0.05, 0) is 61.7 Å². The fourth-order valence-corrected chi connectivity index (χ4v) is 4.67. The second kappa shape index (κ2) is 9.85. The average molecular weight is 501 g/mol. The van der Waals surface area contributed by atoms with Crippen molar-refractivity contribution in [1.82, 2.24) is 20.0 Å². The summed E-state index contributed by atoms with van der Waals surface area (Å²) in [4.78, 5) is 40.2. The number of nitrogens with one attached hydrogen (secondary N) is 1. The van der Waals surface area contributed by atoms with Crippen LogP contribution in [0.5, 0.6) is 0 Å². The number of rotatable bonds is 8. The van der Waals surface area contributed by atoms with Crippen molar-refractivity contribution < 1.29 is 23.2 Å². The van der Waals surface area contributed by atoms with E-state index < -0.39 is 29.6 Å². The van der Waals surface area contributed by atoms with Crippen LogP contribution in [0.1, 0.15) is 49.3 Å². The van der Waals surface area contributed by atoms with Crippen LogP contribution in [0, 0.1) is 12.7 Å². The maximum absolute atomic E-state index is 13.9. The van der Waals surface area contributed by atoms with E-state index in [1.807, 2.05) is 18.5 Å². The number of nitrogens with zero attached hydrogens (tertiary/aromatic N) is 3. The van der Waals surface area contributed by atoms with Crippen molar-refractivity contribution >= 4 is 17.7 Å². The fraction of sp³-hybridized carbons (Fsp3) is 0.214. The zero-order valence-electron chi connectivity index (χ0n) is 20.4. The first-order valence-corrected chi connectivity index (χ1v) is 12.0. The molecule has 0 unspecified atom stereocenters. The molecule has 0 bridgehead atoms. The van der Waals surface area contributed by atoms with Gasteiger partial charge in [-0.3, -0.25) is 24.0 Å². The monoisotopic (exact) mass is 500 g/mol. The molecule has 0 radical (unpaired) electrons. The van der Waals surface area contributed by atoms with Gasteiger partial charge in [0.2, 0.25) is 0 Å². The molecule has 37 heavy (non-hydrogen) atoms. The molecule has 2 aromatic carbocycles. The number of hydrogen-bond acceptors (Lipinski definition) is 5. The third kappa shape index (κ3) is 4.67. The van der Waals surface area contributed by atoms with Gasteiger partial charge in [0.25, 0.3) is 17.7 Å². The first-order chi connectivity index (χ1) is 17.9. The first kappa shape index (κ1) is 24.2. The highest BCUT2D eigenvalue weighted by Crippen LogP contribution is 2.26. The lowest BCUT2D eigenvalue weighted by Crippen LogP contribution is -2.46. The van der Waals surface area contributed by atoms with Gasteiger partial charge in [0, 0.05) is 18.7 Å². The largest absolute Gasteiger partial charge is 0.458 e. The minimum atomic E-state index is -0.687. The summed E-state index contributed by atoms with van der Waals surface area (Å²) in [6.07, 6.45) is 3.45. The van der Waals surface area contributed by atoms with Crippen molar-refractivity contribution in [2.75, 3.05) is 6.54 Å². The molecule has 0 aliphatic carbocycles. The molecule has 0 spiro atoms. The van der Waals surface area contributed by atoms with Crippen molar-refractivity contribution in [3.05, 3.63) is 101 Å². The molecule has 1 atom stereocenters. The second-order valence-electron chi connectivity index (χ2n) is 8.96. The second-order valence-corrected chi connectivity index (χ2v) is 8.96. The lowest BCUT2D eigenvalue weighted by molar-refractivity contribution is 0.0627. The lowest BCUT2D eigenvalue weighted by atomic mass is 10.0. The third-order valence-electron chi connectivity index (χ3n) is 6.41. The maximum atomic E-state index is 13.9. The highest BCUT2D eigenvalue weighted by Gasteiger charge is 2.37. The van der Waals surface area contributed by atoms with Gasteiger partial charge < -0.3 is 9.73 Å². The molecule has 3 amide bonds. The minimum Gasteiger partial charge on any atom is -0.458 e. The SMILES string of the molecule is CCn1ncc(C)c1-c1coc(C(=O)N[C@@H](Cc2cccc(F)c2)CN2C(=O)c3ccccc3C2=O)c1. The minimum absolute atomic E-state index is 0.0739. The quantitative estimate of drug-likeness (QED) is 0.365. The molecule has 3 heterocycles. The molecule has 5 rings (SSSR count). The Morgan fingerprint density at radius 2 is 1.81 bits per heavy atom. The van der Waals surface area contributed by atoms with E-state index in [1.54, 1.807) is 48.7 Å². The Morgan fingerprint density at radius 1 is 1.08 bits per heavy atom. The van der Waals surface area contributed by atoms with Crippen molar-refractivity contribution in [2.45, 2.75) is 32.9 Å². The summed E-state index contributed by atoms with van der Waals surface area (Å²) in [5.74, 6) is -1.71. The molecule has 8 nitrogen and oxygen atoms in total. The van der Waals surface area contributed by atoms with Crippen LogP contribution in [0.25, 0.3) is 11.3 Å². The van der Waals surface area contributed by atoms with Crippen molar-refractivity contribution in [2.24, 2.45) is 0 Å². The number of amides is 3. The predicted octanol–water partition coefficient (Wildman–Crippen LogP) is 4.25. The predicted molar refractivity (Wildman–Crippen MR) is 134 cm³/mol. The molecule has 9 heteroatoms. The topological polar surface area (TPSA) is 97.4 Å². The summed E-state index contributed by atoms with van der Waals surface area (Å²) in [5, 5.41) is 7.20. The molecule has 2 aromatic heterocycles. The third-order valence-corrected chi connectivity index (χ3v) is 6.41. The number of imide groups is 1. The summed E-state index contributed by atoms with van der Waals surface area (Å²) in [5.41, 5.74) is 3.77. The van der Waals surface area contributed by atoms with Gasteiger partial charge in [-0.15, -0.1) is 0 Å². The van der Waals surface area contributed by atoms with Gasteiger partial charge in [-0.1, -0.05) is 24.3 Å². The van der Waals surface area contributed by atoms with Gasteiger partial charge in [-0.25, -0.2) is 4.39 Å². The normalized spacial score (nSPS) is 13.6. The molecule has 188 valence electrons. The smallest absolute Gasteiger partial charge is 0.287 e. The molecular formula is C28H25FN4O4. The number of hydrogen-bond donors (Lipinski definition) is 1. The fourth-order valence-electron chi connectivity index (χ4n) is 4.67. The number of carbonyl (C=O) groups is 3. The van der Waals surface area contributed by atoms with Gasteiger partial charge >= 0.3 is 0 Å². The summed E-state index contributed by atoms with van der Waals surface area (Å²) in [6.45, 7) is 4.48. The van der Waals surface area contributed by atoms with Crippen LogP contribution in [0.4, 0.5) is 4.39 Å². The van der Waals surface area contributed by atoms with Crippen LogP contribution in [-0.2, 0) is 13.0 Å². The Balaban J connectivity index is 1.39. The number of carbonyl (C=O) groups excluding carboxylic acids is 3. The molecule has 1 N–H and O–H groups in total. The van der Waals surface area contributed by atoms with E-state index in [-0.39, 0.29) is 18.7 Å². The zero-order chi connectivity index (χ0) is 26.1. The molecule has 4 aromatic rings. The van der Waals surface area contributed by atoms with Crippen LogP contribution < -0.4 is 5.32 Å². The number of benzene rings is 2. The number of aromatic nitrogens is 2. The molecular weight excluding hydrogens is 475 g/mol. The van der Waals surface area contributed by atoms with E-state index in [0.717, 1.165) is 16.2 Å². The number of furan rings is 1. The van der Waals surface area contributed by atoms with E-state index >= 15 is 0 Å². The summed E-state index contributed by atoms with van der Waals surface area (Å²) in [7, 11) is 0. The molecule has 1 aliphatic heterocycles. The Bertz CT molecular complexity index is 1470. The summed E-state index contributed by atoms with van der Waals surface area (Å²) in [6, 6.07) is 13.5. The number of aryl methyl sites for hydroxylation is 2. The average Bonchev–Trinajstić information content (AvgIpc) is 3.57. The summed E-state index contributed by atoms with van der Waals surface area (Å²) < 4.78 is 21.3. The standard InChI is InChI=1S/C28H25FN4O4/c1-3-33-25(17(2)14-30-33)19-13-24(37-16-19)26(34)31-21(12-18-7-6-8-20(29)11-18)15-32-27(35)22-9-4-5-10-23(22)28(32)36/h4-11,13-14,16,21H,3,12,15H2,1-2H3,(H,31,34)/t21-/m0/s1. The molecule has 0 fully saturated rings. The lowest BCUT2D eigenvalue weighted by Gasteiger charge is -2.23.